The van der Waals surface area contributed by atoms with E-state index in [9.17, 15) is 19.2 Å². The van der Waals surface area contributed by atoms with Crippen molar-refractivity contribution in [2.45, 2.75) is 84.7 Å². The van der Waals surface area contributed by atoms with E-state index in [0.717, 1.165) is 37.7 Å². The lowest BCUT2D eigenvalue weighted by atomic mass is 9.96. The zero-order chi connectivity index (χ0) is 26.5. The Morgan fingerprint density at radius 2 is 1.60 bits per heavy atom. The molecule has 0 aliphatic carbocycles. The lowest BCUT2D eigenvalue weighted by Crippen LogP contribution is -2.56. The van der Waals surface area contributed by atoms with Gasteiger partial charge in [0.2, 0.25) is 17.7 Å². The molecule has 0 fully saturated rings. The Bertz CT molecular complexity index is 838. The zero-order valence-corrected chi connectivity index (χ0v) is 22.1. The molecule has 3 atom stereocenters. The molecule has 1 aromatic rings. The molecule has 0 saturated heterocycles. The van der Waals surface area contributed by atoms with E-state index in [1.54, 1.807) is 40.0 Å². The fourth-order valence-corrected chi connectivity index (χ4v) is 3.92. The Morgan fingerprint density at radius 3 is 2.11 bits per heavy atom. The minimum absolute atomic E-state index is 0.126. The van der Waals surface area contributed by atoms with Crippen LogP contribution in [-0.2, 0) is 25.6 Å². The molecule has 0 aliphatic heterocycles. The second-order valence-electron chi connectivity index (χ2n) is 9.50. The highest BCUT2D eigenvalue weighted by Crippen LogP contribution is 2.18. The van der Waals surface area contributed by atoms with Gasteiger partial charge in [0, 0.05) is 19.9 Å². The number of likely N-dealkylation sites (N-methyl/N-ethyl adjacent to an activating group) is 1. The summed E-state index contributed by atoms with van der Waals surface area (Å²) < 4.78 is 5.19. The molecular formula is C27H43N3O5. The van der Waals surface area contributed by atoms with Gasteiger partial charge in [0.15, 0.2) is 0 Å². The summed E-state index contributed by atoms with van der Waals surface area (Å²) in [5, 5.41) is 2.70. The highest BCUT2D eigenvalue weighted by molar-refractivity contribution is 6.02. The van der Waals surface area contributed by atoms with Crippen molar-refractivity contribution in [1.82, 2.24) is 10.2 Å². The van der Waals surface area contributed by atoms with Gasteiger partial charge in [-0.25, -0.2) is 0 Å². The standard InChI is InChI=1S/C27H43N3O5/c1-7-8-9-10-11-12-23(31)19(4)27(34)30(5)22(17-20-13-15-21(35-6)16-14-20)26(33)29-24(18(2)3)25(28)32/h13-16,18-19,22,24H,7-12,17H2,1-6H3,(H2,28,32)(H,29,33)/t19-,22+,24-/m0/s1. The van der Waals surface area contributed by atoms with Crippen molar-refractivity contribution in [3.05, 3.63) is 29.8 Å². The first-order valence-electron chi connectivity index (χ1n) is 12.5. The number of Topliss-reactive ketones (excluding diaryl/α,β-unsaturated/α-hetero) is 1. The molecule has 0 saturated carbocycles. The number of primary amides is 1. The number of carbonyl (C=O) groups excluding carboxylic acids is 4. The van der Waals surface area contributed by atoms with Gasteiger partial charge in [-0.05, 0) is 37.0 Å². The van der Waals surface area contributed by atoms with E-state index in [1.807, 2.05) is 12.1 Å². The van der Waals surface area contributed by atoms with Crippen molar-refractivity contribution in [3.8, 4) is 5.75 Å². The van der Waals surface area contributed by atoms with Crippen molar-refractivity contribution in [2.75, 3.05) is 14.2 Å². The van der Waals surface area contributed by atoms with Crippen LogP contribution in [0.2, 0.25) is 0 Å². The molecule has 196 valence electrons. The Hall–Kier alpha value is -2.90. The Morgan fingerprint density at radius 1 is 1.00 bits per heavy atom. The molecule has 0 heterocycles. The highest BCUT2D eigenvalue weighted by Gasteiger charge is 2.34. The predicted octanol–water partition coefficient (Wildman–Crippen LogP) is 3.26. The summed E-state index contributed by atoms with van der Waals surface area (Å²) in [6.45, 7) is 7.29. The molecule has 0 radical (unpaired) electrons. The summed E-state index contributed by atoms with van der Waals surface area (Å²) in [4.78, 5) is 52.4. The first-order chi connectivity index (χ1) is 16.5. The third-order valence-corrected chi connectivity index (χ3v) is 6.36. The lowest BCUT2D eigenvalue weighted by molar-refractivity contribution is -0.145. The van der Waals surface area contributed by atoms with Gasteiger partial charge >= 0.3 is 0 Å². The van der Waals surface area contributed by atoms with Crippen LogP contribution in [0.4, 0.5) is 0 Å². The Kier molecular flexibility index (Phi) is 13.1. The molecule has 1 rings (SSSR count). The topological polar surface area (TPSA) is 119 Å². The molecule has 0 aliphatic rings. The Balaban J connectivity index is 3.04. The smallest absolute Gasteiger partial charge is 0.243 e. The number of nitrogens with two attached hydrogens (primary N) is 1. The molecule has 0 bridgehead atoms. The number of benzene rings is 1. The molecule has 1 aromatic carbocycles. The number of amides is 3. The van der Waals surface area contributed by atoms with E-state index < -0.39 is 35.7 Å². The van der Waals surface area contributed by atoms with Crippen LogP contribution >= 0.6 is 0 Å². The van der Waals surface area contributed by atoms with Crippen molar-refractivity contribution in [2.24, 2.45) is 17.6 Å². The number of ketones is 1. The molecule has 8 heteroatoms. The van der Waals surface area contributed by atoms with Gasteiger partial charge in [0.25, 0.3) is 0 Å². The summed E-state index contributed by atoms with van der Waals surface area (Å²) in [5.41, 5.74) is 6.28. The second kappa shape index (κ2) is 15.2. The predicted molar refractivity (Wildman–Crippen MR) is 137 cm³/mol. The van der Waals surface area contributed by atoms with Gasteiger partial charge in [-0.3, -0.25) is 19.2 Å². The van der Waals surface area contributed by atoms with Crippen LogP contribution in [0.1, 0.15) is 71.8 Å². The number of hydrogen-bond donors (Lipinski definition) is 2. The molecule has 3 amide bonds. The summed E-state index contributed by atoms with van der Waals surface area (Å²) in [6.07, 6.45) is 5.60. The van der Waals surface area contributed by atoms with E-state index in [2.05, 4.69) is 12.2 Å². The summed E-state index contributed by atoms with van der Waals surface area (Å²) in [7, 11) is 3.09. The van der Waals surface area contributed by atoms with Crippen LogP contribution in [0.25, 0.3) is 0 Å². The van der Waals surface area contributed by atoms with Crippen LogP contribution in [0.3, 0.4) is 0 Å². The van der Waals surface area contributed by atoms with Gasteiger partial charge in [-0.15, -0.1) is 0 Å². The number of rotatable bonds is 16. The monoisotopic (exact) mass is 489 g/mol. The van der Waals surface area contributed by atoms with E-state index in [0.29, 0.717) is 12.2 Å². The number of ether oxygens (including phenoxy) is 1. The lowest BCUT2D eigenvalue weighted by Gasteiger charge is -2.31. The third kappa shape index (κ3) is 9.70. The molecule has 0 aromatic heterocycles. The number of nitrogens with zero attached hydrogens (tertiary/aromatic N) is 1. The number of carbonyl (C=O) groups is 4. The third-order valence-electron chi connectivity index (χ3n) is 6.36. The van der Waals surface area contributed by atoms with Crippen molar-refractivity contribution < 1.29 is 23.9 Å². The van der Waals surface area contributed by atoms with Gasteiger partial charge in [0.1, 0.15) is 23.6 Å². The summed E-state index contributed by atoms with van der Waals surface area (Å²) in [5.74, 6) is -2.07. The average Bonchev–Trinajstić information content (AvgIpc) is 2.83. The van der Waals surface area contributed by atoms with E-state index >= 15 is 0 Å². The van der Waals surface area contributed by atoms with Gasteiger partial charge < -0.3 is 20.7 Å². The van der Waals surface area contributed by atoms with Crippen molar-refractivity contribution in [1.29, 1.82) is 0 Å². The summed E-state index contributed by atoms with van der Waals surface area (Å²) in [6, 6.07) is 5.39. The van der Waals surface area contributed by atoms with Gasteiger partial charge in [-0.1, -0.05) is 58.6 Å². The fraction of sp³-hybridized carbons (Fsp3) is 0.630. The molecule has 3 N–H and O–H groups in total. The first-order valence-corrected chi connectivity index (χ1v) is 12.5. The number of methoxy groups -OCH3 is 1. The maximum absolute atomic E-state index is 13.3. The van der Waals surface area contributed by atoms with Crippen molar-refractivity contribution >= 4 is 23.5 Å². The molecule has 0 unspecified atom stereocenters. The largest absolute Gasteiger partial charge is 0.497 e. The summed E-state index contributed by atoms with van der Waals surface area (Å²) >= 11 is 0. The molecule has 0 spiro atoms. The minimum atomic E-state index is -0.920. The average molecular weight is 490 g/mol. The van der Waals surface area contributed by atoms with E-state index in [-0.39, 0.29) is 18.1 Å². The zero-order valence-electron chi connectivity index (χ0n) is 22.1. The quantitative estimate of drug-likeness (QED) is 0.273. The highest BCUT2D eigenvalue weighted by atomic mass is 16.5. The van der Waals surface area contributed by atoms with E-state index in [4.69, 9.17) is 10.5 Å². The number of nitrogens with one attached hydrogen (secondary N) is 1. The number of hydrogen-bond acceptors (Lipinski definition) is 5. The second-order valence-corrected chi connectivity index (χ2v) is 9.50. The SMILES string of the molecule is CCCCCCCC(=O)[C@H](C)C(=O)N(C)[C@H](Cc1ccc(OC)cc1)C(=O)N[C@H](C(N)=O)C(C)C. The van der Waals surface area contributed by atoms with Crippen LogP contribution in [0, 0.1) is 11.8 Å². The van der Waals surface area contributed by atoms with Crippen LogP contribution in [0.5, 0.6) is 5.75 Å². The maximum Gasteiger partial charge on any atom is 0.243 e. The molecule has 8 nitrogen and oxygen atoms in total. The normalized spacial score (nSPS) is 13.6. The van der Waals surface area contributed by atoms with Crippen LogP contribution in [-0.4, -0.2) is 54.6 Å². The van der Waals surface area contributed by atoms with E-state index in [1.165, 1.54) is 11.9 Å². The van der Waals surface area contributed by atoms with Crippen LogP contribution in [0.15, 0.2) is 24.3 Å². The van der Waals surface area contributed by atoms with Gasteiger partial charge in [-0.2, -0.15) is 0 Å². The van der Waals surface area contributed by atoms with Gasteiger partial charge in [0.05, 0.1) is 13.0 Å². The maximum atomic E-state index is 13.3. The fourth-order valence-electron chi connectivity index (χ4n) is 3.92. The Labute approximate surface area is 210 Å². The number of unbranched alkanes of at least 4 members (excludes halogenated alkanes) is 4. The minimum Gasteiger partial charge on any atom is -0.497 e. The van der Waals surface area contributed by atoms with Crippen LogP contribution < -0.4 is 15.8 Å². The molecular weight excluding hydrogens is 446 g/mol. The van der Waals surface area contributed by atoms with Crippen molar-refractivity contribution in [3.63, 3.8) is 0 Å². The first kappa shape index (κ1) is 30.1. The molecule has 35 heavy (non-hydrogen) atoms.